The van der Waals surface area contributed by atoms with Gasteiger partial charge in [-0.15, -0.1) is 11.3 Å². The molecule has 5 heteroatoms. The van der Waals surface area contributed by atoms with E-state index >= 15 is 0 Å². The van der Waals surface area contributed by atoms with Crippen molar-refractivity contribution in [2.45, 2.75) is 26.7 Å². The molecule has 17 heavy (non-hydrogen) atoms. The second kappa shape index (κ2) is 5.49. The number of nitrogens with one attached hydrogen (secondary N) is 1. The summed E-state index contributed by atoms with van der Waals surface area (Å²) >= 11 is 1.82. The van der Waals surface area contributed by atoms with Gasteiger partial charge in [0.15, 0.2) is 5.96 Å². The number of hydrogen-bond acceptors (Lipinski definition) is 5. The maximum absolute atomic E-state index is 4.64. The molecule has 0 aliphatic carbocycles. The Hall–Kier alpha value is -1.10. The van der Waals surface area contributed by atoms with Crippen LogP contribution < -0.4 is 5.32 Å². The molecule has 4 nitrogen and oxygen atoms in total. The SMILES string of the molecule is CCc1nc(CCNC2=NCCN2C)sc1C. The number of aliphatic imine (C=N–C) groups is 1. The highest BCUT2D eigenvalue weighted by Gasteiger charge is 2.11. The summed E-state index contributed by atoms with van der Waals surface area (Å²) in [5.74, 6) is 1.02. The predicted octanol–water partition coefficient (Wildman–Crippen LogP) is 1.45. The van der Waals surface area contributed by atoms with Crippen LogP contribution in [0.5, 0.6) is 0 Å². The number of likely N-dealkylation sites (N-methyl/N-ethyl adjacent to an activating group) is 1. The molecule has 0 fully saturated rings. The number of thiazole rings is 1. The van der Waals surface area contributed by atoms with E-state index in [1.807, 2.05) is 11.3 Å². The highest BCUT2D eigenvalue weighted by Crippen LogP contribution is 2.17. The van der Waals surface area contributed by atoms with Crippen molar-refractivity contribution in [1.82, 2.24) is 15.2 Å². The van der Waals surface area contributed by atoms with E-state index in [0.29, 0.717) is 0 Å². The molecule has 1 aromatic heterocycles. The zero-order chi connectivity index (χ0) is 12.3. The van der Waals surface area contributed by atoms with Crippen LogP contribution >= 0.6 is 11.3 Å². The van der Waals surface area contributed by atoms with Gasteiger partial charge in [-0.25, -0.2) is 4.98 Å². The van der Waals surface area contributed by atoms with Gasteiger partial charge in [-0.3, -0.25) is 4.99 Å². The van der Waals surface area contributed by atoms with Crippen molar-refractivity contribution in [3.8, 4) is 0 Å². The van der Waals surface area contributed by atoms with Gasteiger partial charge < -0.3 is 10.2 Å². The predicted molar refractivity (Wildman–Crippen MR) is 72.9 cm³/mol. The Kier molecular flexibility index (Phi) is 3.99. The molecule has 94 valence electrons. The van der Waals surface area contributed by atoms with Gasteiger partial charge in [0.25, 0.3) is 0 Å². The molecular formula is C12H20N4S. The maximum Gasteiger partial charge on any atom is 0.193 e. The monoisotopic (exact) mass is 252 g/mol. The minimum absolute atomic E-state index is 0.912. The zero-order valence-electron chi connectivity index (χ0n) is 10.8. The van der Waals surface area contributed by atoms with E-state index in [-0.39, 0.29) is 0 Å². The Bertz CT molecular complexity index is 411. The third kappa shape index (κ3) is 2.97. The molecule has 0 spiro atoms. The Morgan fingerprint density at radius 3 is 2.88 bits per heavy atom. The van der Waals surface area contributed by atoms with Gasteiger partial charge in [-0.05, 0) is 13.3 Å². The van der Waals surface area contributed by atoms with E-state index in [9.17, 15) is 0 Å². The topological polar surface area (TPSA) is 40.5 Å². The van der Waals surface area contributed by atoms with Crippen molar-refractivity contribution in [2.75, 3.05) is 26.7 Å². The smallest absolute Gasteiger partial charge is 0.193 e. The standard InChI is InChI=1S/C12H20N4S/c1-4-10-9(2)17-11(15-10)5-6-13-12-14-7-8-16(12)3/h4-8H2,1-3H3,(H,13,14). The molecule has 0 saturated carbocycles. The van der Waals surface area contributed by atoms with Crippen LogP contribution in [0.15, 0.2) is 4.99 Å². The van der Waals surface area contributed by atoms with Crippen molar-refractivity contribution in [1.29, 1.82) is 0 Å². The Labute approximate surface area is 107 Å². The molecule has 0 aromatic carbocycles. The summed E-state index contributed by atoms with van der Waals surface area (Å²) in [5.41, 5.74) is 1.25. The van der Waals surface area contributed by atoms with Crippen molar-refractivity contribution < 1.29 is 0 Å². The average Bonchev–Trinajstić information content (AvgIpc) is 2.86. The summed E-state index contributed by atoms with van der Waals surface area (Å²) in [6, 6.07) is 0. The van der Waals surface area contributed by atoms with Crippen LogP contribution in [-0.4, -0.2) is 42.5 Å². The van der Waals surface area contributed by atoms with Gasteiger partial charge in [-0.2, -0.15) is 0 Å². The third-order valence-corrected chi connectivity index (χ3v) is 4.03. The number of hydrogen-bond donors (Lipinski definition) is 1. The third-order valence-electron chi connectivity index (χ3n) is 2.95. The van der Waals surface area contributed by atoms with Crippen LogP contribution in [-0.2, 0) is 12.8 Å². The second-order valence-corrected chi connectivity index (χ2v) is 5.56. The number of nitrogens with zero attached hydrogens (tertiary/aromatic N) is 3. The van der Waals surface area contributed by atoms with E-state index in [1.165, 1.54) is 15.6 Å². The highest BCUT2D eigenvalue weighted by molar-refractivity contribution is 7.11. The molecular weight excluding hydrogens is 232 g/mol. The van der Waals surface area contributed by atoms with E-state index in [1.54, 1.807) is 0 Å². The maximum atomic E-state index is 4.64. The normalized spacial score (nSPS) is 15.2. The van der Waals surface area contributed by atoms with Crippen molar-refractivity contribution >= 4 is 17.3 Å². The molecule has 1 aromatic rings. The van der Waals surface area contributed by atoms with Crippen LogP contribution in [0.3, 0.4) is 0 Å². The Balaban J connectivity index is 1.81. The van der Waals surface area contributed by atoms with Crippen LogP contribution in [0.1, 0.15) is 22.5 Å². The van der Waals surface area contributed by atoms with Crippen LogP contribution in [0.2, 0.25) is 0 Å². The largest absolute Gasteiger partial charge is 0.356 e. The minimum atomic E-state index is 0.912. The molecule has 0 radical (unpaired) electrons. The molecule has 2 rings (SSSR count). The van der Waals surface area contributed by atoms with Crippen molar-refractivity contribution in [3.63, 3.8) is 0 Å². The first kappa shape index (κ1) is 12.4. The van der Waals surface area contributed by atoms with E-state index in [0.717, 1.165) is 38.4 Å². The van der Waals surface area contributed by atoms with Gasteiger partial charge >= 0.3 is 0 Å². The molecule has 0 unspecified atom stereocenters. The summed E-state index contributed by atoms with van der Waals surface area (Å²) in [4.78, 5) is 12.6. The van der Waals surface area contributed by atoms with Crippen LogP contribution in [0.25, 0.3) is 0 Å². The first-order valence-corrected chi connectivity index (χ1v) is 6.97. The molecule has 1 aliphatic heterocycles. The lowest BCUT2D eigenvalue weighted by molar-refractivity contribution is 0.534. The Morgan fingerprint density at radius 2 is 2.29 bits per heavy atom. The summed E-state index contributed by atoms with van der Waals surface area (Å²) in [6.07, 6.45) is 2.02. The van der Waals surface area contributed by atoms with Crippen molar-refractivity contribution in [3.05, 3.63) is 15.6 Å². The second-order valence-electron chi connectivity index (χ2n) is 4.27. The first-order chi connectivity index (χ1) is 8.20. The van der Waals surface area contributed by atoms with Gasteiger partial charge in [0.2, 0.25) is 0 Å². The van der Waals surface area contributed by atoms with Gasteiger partial charge in [0, 0.05) is 31.4 Å². The quantitative estimate of drug-likeness (QED) is 0.881. The van der Waals surface area contributed by atoms with E-state index < -0.39 is 0 Å². The average molecular weight is 252 g/mol. The van der Waals surface area contributed by atoms with Crippen molar-refractivity contribution in [2.24, 2.45) is 4.99 Å². The molecule has 0 atom stereocenters. The number of aryl methyl sites for hydroxylation is 2. The van der Waals surface area contributed by atoms with E-state index in [2.05, 4.69) is 41.1 Å². The molecule has 0 saturated heterocycles. The lowest BCUT2D eigenvalue weighted by Crippen LogP contribution is -2.36. The minimum Gasteiger partial charge on any atom is -0.356 e. The fourth-order valence-electron chi connectivity index (χ4n) is 1.93. The molecule has 1 aliphatic rings. The fraction of sp³-hybridized carbons (Fsp3) is 0.667. The first-order valence-electron chi connectivity index (χ1n) is 6.15. The number of guanidine groups is 1. The van der Waals surface area contributed by atoms with Gasteiger partial charge in [0.05, 0.1) is 17.2 Å². The van der Waals surface area contributed by atoms with E-state index in [4.69, 9.17) is 0 Å². The molecule has 0 amide bonds. The highest BCUT2D eigenvalue weighted by atomic mass is 32.1. The molecule has 1 N–H and O–H groups in total. The zero-order valence-corrected chi connectivity index (χ0v) is 11.6. The lowest BCUT2D eigenvalue weighted by Gasteiger charge is -2.14. The lowest BCUT2D eigenvalue weighted by atomic mass is 10.3. The summed E-state index contributed by atoms with van der Waals surface area (Å²) in [6.45, 7) is 7.17. The van der Waals surface area contributed by atoms with Gasteiger partial charge in [-0.1, -0.05) is 6.92 Å². The van der Waals surface area contributed by atoms with Crippen LogP contribution in [0.4, 0.5) is 0 Å². The van der Waals surface area contributed by atoms with Gasteiger partial charge in [0.1, 0.15) is 0 Å². The number of rotatable bonds is 4. The van der Waals surface area contributed by atoms with Crippen LogP contribution in [0, 0.1) is 6.92 Å². The summed E-state index contributed by atoms with van der Waals surface area (Å²) < 4.78 is 0. The molecule has 2 heterocycles. The summed E-state index contributed by atoms with van der Waals surface area (Å²) in [7, 11) is 2.07. The number of aromatic nitrogens is 1. The molecule has 0 bridgehead atoms. The fourth-order valence-corrected chi connectivity index (χ4v) is 2.95. The Morgan fingerprint density at radius 1 is 1.47 bits per heavy atom. The summed E-state index contributed by atoms with van der Waals surface area (Å²) in [5, 5.41) is 4.60.